The number of carbonyl (C=O) groups is 2. The van der Waals surface area contributed by atoms with Gasteiger partial charge in [-0.1, -0.05) is 42.1 Å². The first-order valence-corrected chi connectivity index (χ1v) is 11.4. The maximum Gasteiger partial charge on any atom is 0.338 e. The van der Waals surface area contributed by atoms with Gasteiger partial charge in [0.25, 0.3) is 0 Å². The molecule has 0 fully saturated rings. The molecule has 1 heterocycles. The molecule has 0 aliphatic rings. The van der Waals surface area contributed by atoms with Gasteiger partial charge in [0.15, 0.2) is 11.0 Å². The largest absolute Gasteiger partial charge is 0.486 e. The second kappa shape index (κ2) is 11.9. The number of allylic oxidation sites excluding steroid dienone is 1. The number of anilines is 1. The Kier molecular flexibility index (Phi) is 8.65. The molecular formula is C24H26N4O4S. The predicted octanol–water partition coefficient (Wildman–Crippen LogP) is 4.34. The number of rotatable bonds is 11. The smallest absolute Gasteiger partial charge is 0.338 e. The fraction of sp³-hybridized carbons (Fsp3) is 0.250. The Morgan fingerprint density at radius 1 is 1.15 bits per heavy atom. The Hall–Kier alpha value is -3.59. The fourth-order valence-corrected chi connectivity index (χ4v) is 3.61. The van der Waals surface area contributed by atoms with E-state index in [2.05, 4.69) is 22.1 Å². The minimum absolute atomic E-state index is 0.121. The quantitative estimate of drug-likeness (QED) is 0.255. The molecule has 8 nitrogen and oxygen atoms in total. The molecule has 172 valence electrons. The van der Waals surface area contributed by atoms with Crippen LogP contribution in [-0.4, -0.2) is 38.5 Å². The summed E-state index contributed by atoms with van der Waals surface area (Å²) in [5.74, 6) is 0.829. The zero-order valence-electron chi connectivity index (χ0n) is 18.6. The number of hydrogen-bond acceptors (Lipinski definition) is 7. The number of para-hydroxylation sites is 1. The molecule has 0 aliphatic carbocycles. The Morgan fingerprint density at radius 3 is 2.67 bits per heavy atom. The zero-order valence-corrected chi connectivity index (χ0v) is 19.4. The molecule has 0 saturated carbocycles. The number of aromatic nitrogens is 3. The van der Waals surface area contributed by atoms with Crippen molar-refractivity contribution >= 4 is 29.3 Å². The number of hydrogen-bond donors (Lipinski definition) is 1. The number of carbonyl (C=O) groups excluding carboxylic acids is 2. The molecule has 3 aromatic rings. The number of ether oxygens (including phenoxy) is 2. The Balaban J connectivity index is 1.59. The van der Waals surface area contributed by atoms with Gasteiger partial charge in [0, 0.05) is 12.2 Å². The van der Waals surface area contributed by atoms with E-state index in [0.717, 1.165) is 5.75 Å². The van der Waals surface area contributed by atoms with Gasteiger partial charge in [0.1, 0.15) is 12.4 Å². The summed E-state index contributed by atoms with van der Waals surface area (Å²) in [6, 6.07) is 16.1. The molecule has 2 aromatic carbocycles. The summed E-state index contributed by atoms with van der Waals surface area (Å²) in [7, 11) is 0. The summed E-state index contributed by atoms with van der Waals surface area (Å²) in [6.45, 7) is 8.09. The van der Waals surface area contributed by atoms with Crippen molar-refractivity contribution in [1.82, 2.24) is 14.8 Å². The minimum Gasteiger partial charge on any atom is -0.486 e. The molecular weight excluding hydrogens is 440 g/mol. The average molecular weight is 467 g/mol. The van der Waals surface area contributed by atoms with Gasteiger partial charge in [0.05, 0.1) is 17.4 Å². The predicted molar refractivity (Wildman–Crippen MR) is 127 cm³/mol. The summed E-state index contributed by atoms with van der Waals surface area (Å²) in [6.07, 6.45) is 1.52. The van der Waals surface area contributed by atoms with E-state index in [4.69, 9.17) is 9.47 Å². The van der Waals surface area contributed by atoms with Gasteiger partial charge in [-0.05, 0) is 44.2 Å². The number of nitrogens with zero attached hydrogens (tertiary/aromatic N) is 3. The van der Waals surface area contributed by atoms with Gasteiger partial charge in [-0.2, -0.15) is 0 Å². The summed E-state index contributed by atoms with van der Waals surface area (Å²) in [5.41, 5.74) is 0.895. The first kappa shape index (κ1) is 24.1. The molecule has 0 atom stereocenters. The van der Waals surface area contributed by atoms with Crippen LogP contribution < -0.4 is 10.1 Å². The van der Waals surface area contributed by atoms with Crippen LogP contribution in [0.5, 0.6) is 5.75 Å². The Labute approximate surface area is 197 Å². The van der Waals surface area contributed by atoms with E-state index in [1.165, 1.54) is 11.8 Å². The fourth-order valence-electron chi connectivity index (χ4n) is 2.84. The van der Waals surface area contributed by atoms with E-state index in [-0.39, 0.29) is 24.4 Å². The maximum absolute atomic E-state index is 12.5. The van der Waals surface area contributed by atoms with Crippen LogP contribution in [0.1, 0.15) is 30.0 Å². The number of nitrogens with one attached hydrogen (secondary N) is 1. The van der Waals surface area contributed by atoms with Crippen molar-refractivity contribution in [2.24, 2.45) is 0 Å². The lowest BCUT2D eigenvalue weighted by Crippen LogP contribution is -2.16. The summed E-state index contributed by atoms with van der Waals surface area (Å²) >= 11 is 1.26. The van der Waals surface area contributed by atoms with Gasteiger partial charge >= 0.3 is 5.97 Å². The molecule has 1 N–H and O–H groups in total. The molecule has 1 aromatic heterocycles. The Morgan fingerprint density at radius 2 is 1.94 bits per heavy atom. The van der Waals surface area contributed by atoms with Crippen molar-refractivity contribution < 1.29 is 19.1 Å². The second-order valence-electron chi connectivity index (χ2n) is 7.27. The molecule has 0 spiro atoms. The van der Waals surface area contributed by atoms with Crippen LogP contribution in [0.15, 0.2) is 72.4 Å². The number of esters is 1. The van der Waals surface area contributed by atoms with Gasteiger partial charge in [-0.15, -0.1) is 16.8 Å². The van der Waals surface area contributed by atoms with E-state index >= 15 is 0 Å². The first-order valence-electron chi connectivity index (χ1n) is 10.4. The van der Waals surface area contributed by atoms with Crippen molar-refractivity contribution in [3.05, 3.63) is 78.6 Å². The highest BCUT2D eigenvalue weighted by molar-refractivity contribution is 7.99. The normalized spacial score (nSPS) is 10.6. The van der Waals surface area contributed by atoms with Crippen molar-refractivity contribution in [2.45, 2.75) is 38.3 Å². The highest BCUT2D eigenvalue weighted by atomic mass is 32.2. The lowest BCUT2D eigenvalue weighted by Gasteiger charge is -2.10. The minimum atomic E-state index is -0.432. The van der Waals surface area contributed by atoms with Gasteiger partial charge in [-0.3, -0.25) is 9.36 Å². The van der Waals surface area contributed by atoms with Crippen LogP contribution in [0.3, 0.4) is 0 Å². The van der Waals surface area contributed by atoms with E-state index < -0.39 is 5.97 Å². The van der Waals surface area contributed by atoms with Crippen molar-refractivity contribution in [2.75, 3.05) is 11.1 Å². The monoisotopic (exact) mass is 466 g/mol. The molecule has 9 heteroatoms. The molecule has 0 saturated heterocycles. The molecule has 33 heavy (non-hydrogen) atoms. The van der Waals surface area contributed by atoms with E-state index in [1.807, 2.05) is 34.9 Å². The van der Waals surface area contributed by atoms with E-state index in [0.29, 0.717) is 28.8 Å². The van der Waals surface area contributed by atoms with Crippen LogP contribution >= 0.6 is 11.8 Å². The van der Waals surface area contributed by atoms with E-state index in [9.17, 15) is 9.59 Å². The molecule has 0 aliphatic heterocycles. The van der Waals surface area contributed by atoms with Gasteiger partial charge in [-0.25, -0.2) is 4.79 Å². The molecule has 3 rings (SSSR count). The van der Waals surface area contributed by atoms with Gasteiger partial charge in [0.2, 0.25) is 5.91 Å². The van der Waals surface area contributed by atoms with Crippen molar-refractivity contribution in [3.63, 3.8) is 0 Å². The number of benzene rings is 2. The number of thioether (sulfide) groups is 1. The standard InChI is InChI=1S/C24H26N4O4S/c1-4-13-28-21(15-31-20-11-6-5-7-12-20)26-27-24(28)33-16-22(29)25-19-10-8-9-18(14-19)23(30)32-17(2)3/h4-12,14,17H,1,13,15-16H2,2-3H3,(H,25,29). The van der Waals surface area contributed by atoms with Gasteiger partial charge < -0.3 is 14.8 Å². The maximum atomic E-state index is 12.5. The van der Waals surface area contributed by atoms with Crippen LogP contribution in [0.2, 0.25) is 0 Å². The first-order chi connectivity index (χ1) is 16.0. The van der Waals surface area contributed by atoms with Crippen molar-refractivity contribution in [1.29, 1.82) is 0 Å². The zero-order chi connectivity index (χ0) is 23.6. The van der Waals surface area contributed by atoms with Crippen LogP contribution in [0, 0.1) is 0 Å². The third-order valence-electron chi connectivity index (χ3n) is 4.27. The molecule has 1 amide bonds. The Bertz CT molecular complexity index is 1100. The average Bonchev–Trinajstić information content (AvgIpc) is 3.18. The van der Waals surface area contributed by atoms with E-state index in [1.54, 1.807) is 44.2 Å². The summed E-state index contributed by atoms with van der Waals surface area (Å²) in [5, 5.41) is 11.8. The summed E-state index contributed by atoms with van der Waals surface area (Å²) < 4.78 is 12.8. The van der Waals surface area contributed by atoms with Crippen LogP contribution in [0.25, 0.3) is 0 Å². The third-order valence-corrected chi connectivity index (χ3v) is 5.24. The SMILES string of the molecule is C=CCn1c(COc2ccccc2)nnc1SCC(=O)Nc1cccc(C(=O)OC(C)C)c1. The summed E-state index contributed by atoms with van der Waals surface area (Å²) in [4.78, 5) is 24.6. The second-order valence-corrected chi connectivity index (χ2v) is 8.21. The highest BCUT2D eigenvalue weighted by Gasteiger charge is 2.15. The number of amides is 1. The molecule has 0 bridgehead atoms. The van der Waals surface area contributed by atoms with Crippen LogP contribution in [0.4, 0.5) is 5.69 Å². The highest BCUT2D eigenvalue weighted by Crippen LogP contribution is 2.20. The lowest BCUT2D eigenvalue weighted by molar-refractivity contribution is -0.113. The molecule has 0 unspecified atom stereocenters. The van der Waals surface area contributed by atoms with Crippen molar-refractivity contribution in [3.8, 4) is 5.75 Å². The lowest BCUT2D eigenvalue weighted by atomic mass is 10.2. The van der Waals surface area contributed by atoms with Crippen LogP contribution in [-0.2, 0) is 22.7 Å². The third kappa shape index (κ3) is 7.21. The topological polar surface area (TPSA) is 95.3 Å². The molecule has 0 radical (unpaired) electrons.